The van der Waals surface area contributed by atoms with Gasteiger partial charge in [0.2, 0.25) is 10.0 Å². The summed E-state index contributed by atoms with van der Waals surface area (Å²) >= 11 is 0. The molecule has 3 aromatic rings. The Hall–Kier alpha value is -2.29. The molecule has 0 bridgehead atoms. The van der Waals surface area contributed by atoms with Gasteiger partial charge in [-0.15, -0.1) is 0 Å². The van der Waals surface area contributed by atoms with Gasteiger partial charge in [-0.25, -0.2) is 17.2 Å². The highest BCUT2D eigenvalue weighted by molar-refractivity contribution is 7.89. The van der Waals surface area contributed by atoms with E-state index in [0.717, 1.165) is 20.8 Å². The zero-order valence-corrected chi connectivity index (χ0v) is 14.5. The molecular weight excluding hydrogens is 360 g/mol. The fourth-order valence-corrected chi connectivity index (χ4v) is 4.73. The van der Waals surface area contributed by atoms with Crippen molar-refractivity contribution >= 4 is 20.9 Å². The zero-order valence-electron chi connectivity index (χ0n) is 13.7. The normalized spacial score (nSPS) is 21.5. The molecule has 26 heavy (non-hydrogen) atoms. The smallest absolute Gasteiger partial charge is 0.243 e. The van der Waals surface area contributed by atoms with E-state index in [2.05, 4.69) is 4.98 Å². The highest BCUT2D eigenvalue weighted by Gasteiger charge is 2.37. The number of sulfonamides is 1. The first-order chi connectivity index (χ1) is 12.4. The van der Waals surface area contributed by atoms with E-state index in [-0.39, 0.29) is 23.8 Å². The first kappa shape index (κ1) is 17.1. The monoisotopic (exact) mass is 377 g/mol. The van der Waals surface area contributed by atoms with E-state index in [1.807, 2.05) is 0 Å². The van der Waals surface area contributed by atoms with Gasteiger partial charge in [-0.1, -0.05) is 12.1 Å². The molecule has 5 nitrogen and oxygen atoms in total. The molecule has 136 valence electrons. The summed E-state index contributed by atoms with van der Waals surface area (Å²) in [6, 6.07) is 10.0. The average molecular weight is 377 g/mol. The zero-order chi connectivity index (χ0) is 18.5. The quantitative estimate of drug-likeness (QED) is 0.736. The van der Waals surface area contributed by atoms with E-state index >= 15 is 0 Å². The lowest BCUT2D eigenvalue weighted by Crippen LogP contribution is -2.32. The number of H-pyrrole nitrogens is 1. The maximum absolute atomic E-state index is 13.6. The molecule has 0 saturated carbocycles. The Morgan fingerprint density at radius 3 is 2.50 bits per heavy atom. The number of hydrogen-bond donors (Lipinski definition) is 2. The largest absolute Gasteiger partial charge is 0.360 e. The maximum Gasteiger partial charge on any atom is 0.243 e. The van der Waals surface area contributed by atoms with Crippen LogP contribution in [0.5, 0.6) is 0 Å². The number of aromatic amines is 1. The number of nitrogens with zero attached hydrogens (tertiary/aromatic N) is 1. The predicted molar refractivity (Wildman–Crippen MR) is 95.3 cm³/mol. The van der Waals surface area contributed by atoms with Crippen molar-refractivity contribution in [2.24, 2.45) is 5.73 Å². The summed E-state index contributed by atoms with van der Waals surface area (Å²) < 4.78 is 53.2. The van der Waals surface area contributed by atoms with Crippen molar-refractivity contribution in [3.05, 3.63) is 54.5 Å². The van der Waals surface area contributed by atoms with Crippen molar-refractivity contribution in [1.82, 2.24) is 9.29 Å². The van der Waals surface area contributed by atoms with E-state index in [1.54, 1.807) is 24.4 Å². The Balaban J connectivity index is 1.66. The number of nitrogens with one attached hydrogen (secondary N) is 1. The molecule has 8 heteroatoms. The van der Waals surface area contributed by atoms with E-state index in [0.29, 0.717) is 5.52 Å². The summed E-state index contributed by atoms with van der Waals surface area (Å²) in [6.07, 6.45) is 0.400. The van der Waals surface area contributed by atoms with Gasteiger partial charge in [-0.3, -0.25) is 0 Å². The number of benzene rings is 2. The van der Waals surface area contributed by atoms with Crippen molar-refractivity contribution < 1.29 is 17.2 Å². The number of aromatic nitrogens is 1. The average Bonchev–Trinajstić information content (AvgIpc) is 3.18. The molecule has 0 amide bonds. The van der Waals surface area contributed by atoms with Gasteiger partial charge < -0.3 is 10.7 Å². The molecule has 2 heterocycles. The van der Waals surface area contributed by atoms with Gasteiger partial charge in [0, 0.05) is 35.8 Å². The number of hydrogen-bond acceptors (Lipinski definition) is 3. The van der Waals surface area contributed by atoms with E-state index < -0.39 is 22.2 Å². The predicted octanol–water partition coefficient (Wildman–Crippen LogP) is 2.64. The van der Waals surface area contributed by atoms with Gasteiger partial charge in [0.15, 0.2) is 0 Å². The molecule has 0 unspecified atom stereocenters. The van der Waals surface area contributed by atoms with Crippen molar-refractivity contribution in [3.8, 4) is 11.1 Å². The van der Waals surface area contributed by atoms with Gasteiger partial charge in [-0.05, 0) is 35.9 Å². The van der Waals surface area contributed by atoms with E-state index in [1.165, 1.54) is 24.3 Å². The maximum atomic E-state index is 13.6. The van der Waals surface area contributed by atoms with Gasteiger partial charge >= 0.3 is 0 Å². The van der Waals surface area contributed by atoms with Crippen LogP contribution in [0.4, 0.5) is 8.78 Å². The van der Waals surface area contributed by atoms with E-state index in [4.69, 9.17) is 5.73 Å². The third-order valence-electron chi connectivity index (χ3n) is 4.70. The minimum absolute atomic E-state index is 0.0285. The Kier molecular flexibility index (Phi) is 4.06. The van der Waals surface area contributed by atoms with Crippen molar-refractivity contribution in [2.45, 2.75) is 17.1 Å². The fraction of sp³-hybridized carbons (Fsp3) is 0.222. The topological polar surface area (TPSA) is 79.2 Å². The van der Waals surface area contributed by atoms with Gasteiger partial charge in [0.05, 0.1) is 10.9 Å². The molecule has 0 radical (unpaired) electrons. The standard InChI is InChI=1S/C18H17F2N3O2S/c19-12-3-6-14-15(8-22-18(14)7-12)11-1-4-13(5-2-11)26(24,25)23-9-16(20)17(21)10-23/h1-8,16-17,22H,9-10,21H2/t16-,17+/m1/s1. The highest BCUT2D eigenvalue weighted by Crippen LogP contribution is 2.30. The number of alkyl halides is 1. The van der Waals surface area contributed by atoms with Crippen LogP contribution in [0.25, 0.3) is 22.0 Å². The first-order valence-corrected chi connectivity index (χ1v) is 9.57. The minimum atomic E-state index is -3.78. The SMILES string of the molecule is N[C@H]1CN(S(=O)(=O)c2ccc(-c3c[nH]c4cc(F)ccc34)cc2)C[C@H]1F. The van der Waals surface area contributed by atoms with Crippen molar-refractivity contribution in [3.63, 3.8) is 0 Å². The molecule has 1 aliphatic heterocycles. The molecule has 1 aromatic heterocycles. The summed E-state index contributed by atoms with van der Waals surface area (Å²) in [7, 11) is -3.78. The first-order valence-electron chi connectivity index (χ1n) is 8.13. The van der Waals surface area contributed by atoms with E-state index in [9.17, 15) is 17.2 Å². The lowest BCUT2D eigenvalue weighted by molar-refractivity contribution is 0.322. The second kappa shape index (κ2) is 6.15. The van der Waals surface area contributed by atoms with Crippen molar-refractivity contribution in [1.29, 1.82) is 0 Å². The molecular formula is C18H17F2N3O2S. The van der Waals surface area contributed by atoms with Crippen molar-refractivity contribution in [2.75, 3.05) is 13.1 Å². The lowest BCUT2D eigenvalue weighted by atomic mass is 10.1. The molecule has 3 N–H and O–H groups in total. The molecule has 1 saturated heterocycles. The minimum Gasteiger partial charge on any atom is -0.360 e. The number of nitrogens with two attached hydrogens (primary N) is 1. The molecule has 0 aliphatic carbocycles. The lowest BCUT2D eigenvalue weighted by Gasteiger charge is -2.15. The van der Waals surface area contributed by atoms with Crippen LogP contribution < -0.4 is 5.73 Å². The highest BCUT2D eigenvalue weighted by atomic mass is 32.2. The summed E-state index contributed by atoms with van der Waals surface area (Å²) in [6.45, 7) is -0.251. The molecule has 2 atom stereocenters. The van der Waals surface area contributed by atoms with Crippen LogP contribution in [0.15, 0.2) is 53.6 Å². The molecule has 0 spiro atoms. The third kappa shape index (κ3) is 2.80. The summed E-state index contributed by atoms with van der Waals surface area (Å²) in [5.74, 6) is -0.331. The number of halogens is 2. The fourth-order valence-electron chi connectivity index (χ4n) is 3.24. The Morgan fingerprint density at radius 2 is 1.85 bits per heavy atom. The second-order valence-corrected chi connectivity index (χ2v) is 8.36. The molecule has 1 aliphatic rings. The molecule has 4 rings (SSSR count). The van der Waals surface area contributed by atoms with Crippen LogP contribution >= 0.6 is 0 Å². The Labute approximate surface area is 149 Å². The molecule has 2 aromatic carbocycles. The van der Waals surface area contributed by atoms with Crippen LogP contribution in [0, 0.1) is 5.82 Å². The van der Waals surface area contributed by atoms with Gasteiger partial charge in [0.25, 0.3) is 0 Å². The van der Waals surface area contributed by atoms with Crippen LogP contribution in [0.3, 0.4) is 0 Å². The van der Waals surface area contributed by atoms with Crippen LogP contribution in [0.2, 0.25) is 0 Å². The Bertz CT molecular complexity index is 1050. The van der Waals surface area contributed by atoms with Gasteiger partial charge in [-0.2, -0.15) is 4.31 Å². The Morgan fingerprint density at radius 1 is 1.12 bits per heavy atom. The van der Waals surface area contributed by atoms with Crippen LogP contribution in [-0.2, 0) is 10.0 Å². The third-order valence-corrected chi connectivity index (χ3v) is 6.55. The van der Waals surface area contributed by atoms with Crippen LogP contribution in [0.1, 0.15) is 0 Å². The second-order valence-electron chi connectivity index (χ2n) is 6.42. The van der Waals surface area contributed by atoms with Gasteiger partial charge in [0.1, 0.15) is 12.0 Å². The summed E-state index contributed by atoms with van der Waals surface area (Å²) in [5, 5.41) is 0.841. The summed E-state index contributed by atoms with van der Waals surface area (Å²) in [5.41, 5.74) is 7.89. The van der Waals surface area contributed by atoms with Crippen LogP contribution in [-0.4, -0.2) is 43.0 Å². The number of fused-ring (bicyclic) bond motifs is 1. The number of rotatable bonds is 3. The summed E-state index contributed by atoms with van der Waals surface area (Å²) in [4.78, 5) is 3.10. The molecule has 1 fully saturated rings.